The summed E-state index contributed by atoms with van der Waals surface area (Å²) in [5.41, 5.74) is 7.05. The minimum absolute atomic E-state index is 0.172. The van der Waals surface area contributed by atoms with Gasteiger partial charge in [0.05, 0.1) is 0 Å². The van der Waals surface area contributed by atoms with E-state index in [-0.39, 0.29) is 5.82 Å². The fourth-order valence-corrected chi connectivity index (χ4v) is 3.54. The van der Waals surface area contributed by atoms with E-state index in [1.165, 1.54) is 30.1 Å². The molecule has 2 N–H and O–H groups in total. The number of hydrogen-bond donors (Lipinski definition) is 1. The molecule has 0 aromatic heterocycles. The van der Waals surface area contributed by atoms with E-state index in [0.717, 1.165) is 38.4 Å². The van der Waals surface area contributed by atoms with E-state index in [1.807, 2.05) is 23.9 Å². The minimum atomic E-state index is -0.172. The van der Waals surface area contributed by atoms with Gasteiger partial charge in [-0.2, -0.15) is 11.8 Å². The van der Waals surface area contributed by atoms with Crippen molar-refractivity contribution >= 4 is 17.4 Å². The predicted molar refractivity (Wildman–Crippen MR) is 90.6 cm³/mol. The van der Waals surface area contributed by atoms with Gasteiger partial charge in [0.15, 0.2) is 0 Å². The maximum Gasteiger partial charge on any atom is 0.123 e. The van der Waals surface area contributed by atoms with Gasteiger partial charge in [-0.15, -0.1) is 0 Å². The van der Waals surface area contributed by atoms with Crippen LogP contribution in [0.3, 0.4) is 0 Å². The highest BCUT2D eigenvalue weighted by Crippen LogP contribution is 2.18. The van der Waals surface area contributed by atoms with E-state index in [4.69, 9.17) is 5.73 Å². The first-order valence-corrected chi connectivity index (χ1v) is 8.92. The molecule has 0 radical (unpaired) electrons. The van der Waals surface area contributed by atoms with Crippen molar-refractivity contribution in [2.75, 3.05) is 49.1 Å². The van der Waals surface area contributed by atoms with Crippen LogP contribution in [-0.4, -0.2) is 55.2 Å². The molecule has 0 aliphatic carbocycles. The van der Waals surface area contributed by atoms with Crippen LogP contribution in [0.5, 0.6) is 0 Å². The third-order valence-electron chi connectivity index (χ3n) is 4.09. The number of benzene rings is 1. The van der Waals surface area contributed by atoms with Crippen molar-refractivity contribution < 1.29 is 4.39 Å². The summed E-state index contributed by atoms with van der Waals surface area (Å²) in [4.78, 5) is 4.83. The summed E-state index contributed by atoms with van der Waals surface area (Å²) in [5, 5.41) is 0. The van der Waals surface area contributed by atoms with E-state index in [2.05, 4.69) is 16.7 Å². The van der Waals surface area contributed by atoms with Crippen LogP contribution in [0.15, 0.2) is 24.3 Å². The quantitative estimate of drug-likeness (QED) is 0.784. The smallest absolute Gasteiger partial charge is 0.123 e. The summed E-state index contributed by atoms with van der Waals surface area (Å²) < 4.78 is 13.0. The zero-order valence-electron chi connectivity index (χ0n) is 12.8. The molecule has 1 heterocycles. The van der Waals surface area contributed by atoms with Crippen LogP contribution < -0.4 is 10.6 Å². The largest absolute Gasteiger partial charge is 0.369 e. The Balaban J connectivity index is 1.82. The fraction of sp³-hybridized carbons (Fsp3) is 0.625. The maximum atomic E-state index is 13.0. The number of nitrogens with zero attached hydrogens (tertiary/aromatic N) is 2. The van der Waals surface area contributed by atoms with Gasteiger partial charge in [-0.3, -0.25) is 4.90 Å². The van der Waals surface area contributed by atoms with Crippen LogP contribution in [0.2, 0.25) is 0 Å². The number of anilines is 1. The highest BCUT2D eigenvalue weighted by molar-refractivity contribution is 7.99. The van der Waals surface area contributed by atoms with E-state index in [1.54, 1.807) is 0 Å². The van der Waals surface area contributed by atoms with Crippen LogP contribution in [0.4, 0.5) is 10.1 Å². The molecule has 1 aliphatic rings. The van der Waals surface area contributed by atoms with Gasteiger partial charge >= 0.3 is 0 Å². The summed E-state index contributed by atoms with van der Waals surface area (Å²) in [6.45, 7) is 6.99. The van der Waals surface area contributed by atoms with Crippen LogP contribution in [0.1, 0.15) is 13.3 Å². The monoisotopic (exact) mass is 311 g/mol. The molecule has 1 saturated heterocycles. The lowest BCUT2D eigenvalue weighted by atomic mass is 10.1. The molecule has 1 fully saturated rings. The van der Waals surface area contributed by atoms with Crippen molar-refractivity contribution in [1.82, 2.24) is 4.90 Å². The highest BCUT2D eigenvalue weighted by Gasteiger charge is 2.22. The molecule has 1 aliphatic heterocycles. The molecule has 0 amide bonds. The van der Waals surface area contributed by atoms with Crippen molar-refractivity contribution in [3.05, 3.63) is 30.1 Å². The van der Waals surface area contributed by atoms with E-state index < -0.39 is 0 Å². The van der Waals surface area contributed by atoms with Crippen LogP contribution in [0, 0.1) is 5.82 Å². The lowest BCUT2D eigenvalue weighted by molar-refractivity contribution is 0.185. The average molecular weight is 311 g/mol. The molecule has 3 nitrogen and oxygen atoms in total. The summed E-state index contributed by atoms with van der Waals surface area (Å²) in [7, 11) is 0. The molecule has 5 heteroatoms. The topological polar surface area (TPSA) is 32.5 Å². The fourth-order valence-electron chi connectivity index (χ4n) is 2.81. The number of thioether (sulfide) groups is 1. The summed E-state index contributed by atoms with van der Waals surface area (Å²) >= 11 is 1.99. The zero-order chi connectivity index (χ0) is 15.1. The molecule has 1 aromatic carbocycles. The third-order valence-corrected chi connectivity index (χ3v) is 5.03. The van der Waals surface area contributed by atoms with E-state index in [9.17, 15) is 4.39 Å². The summed E-state index contributed by atoms with van der Waals surface area (Å²) in [5.74, 6) is 2.20. The molecule has 1 unspecified atom stereocenters. The van der Waals surface area contributed by atoms with Crippen molar-refractivity contribution in [2.24, 2.45) is 5.73 Å². The molecular weight excluding hydrogens is 285 g/mol. The second kappa shape index (κ2) is 8.61. The van der Waals surface area contributed by atoms with Crippen LogP contribution in [-0.2, 0) is 0 Å². The Morgan fingerprint density at radius 3 is 2.43 bits per heavy atom. The zero-order valence-corrected chi connectivity index (χ0v) is 13.6. The first-order chi connectivity index (χ1) is 10.2. The summed E-state index contributed by atoms with van der Waals surface area (Å²) in [6, 6.07) is 7.30. The lowest BCUT2D eigenvalue weighted by Crippen LogP contribution is -2.52. The van der Waals surface area contributed by atoms with Crippen LogP contribution >= 0.6 is 11.8 Å². The molecule has 21 heavy (non-hydrogen) atoms. The Kier molecular flexibility index (Phi) is 6.80. The highest BCUT2D eigenvalue weighted by atomic mass is 32.2. The molecule has 0 bridgehead atoms. The normalized spacial score (nSPS) is 18.0. The molecule has 0 saturated carbocycles. The van der Waals surface area contributed by atoms with Crippen molar-refractivity contribution in [3.63, 3.8) is 0 Å². The van der Waals surface area contributed by atoms with Gasteiger partial charge in [0.2, 0.25) is 0 Å². The van der Waals surface area contributed by atoms with Gasteiger partial charge in [-0.25, -0.2) is 4.39 Å². The number of halogens is 1. The maximum absolute atomic E-state index is 13.0. The first-order valence-electron chi connectivity index (χ1n) is 7.77. The number of piperazine rings is 1. The lowest BCUT2D eigenvalue weighted by Gasteiger charge is -2.40. The Morgan fingerprint density at radius 1 is 1.19 bits per heavy atom. The van der Waals surface area contributed by atoms with Gasteiger partial charge < -0.3 is 10.6 Å². The predicted octanol–water partition coefficient (Wildman–Crippen LogP) is 2.42. The first kappa shape index (κ1) is 16.6. The SMILES string of the molecule is CCSCCC(CN)N1CCN(c2ccc(F)cc2)CC1. The van der Waals surface area contributed by atoms with E-state index in [0.29, 0.717) is 6.04 Å². The molecule has 1 atom stereocenters. The molecule has 0 spiro atoms. The summed E-state index contributed by atoms with van der Waals surface area (Å²) in [6.07, 6.45) is 1.17. The van der Waals surface area contributed by atoms with Gasteiger partial charge in [-0.1, -0.05) is 6.92 Å². The Labute approximate surface area is 131 Å². The van der Waals surface area contributed by atoms with Gasteiger partial charge in [0, 0.05) is 44.5 Å². The standard InChI is InChI=1S/C16H26FN3S/c1-2-21-12-7-16(13-18)20-10-8-19(9-11-20)15-5-3-14(17)4-6-15/h3-6,16H,2,7-13,18H2,1H3. The second-order valence-electron chi connectivity index (χ2n) is 5.37. The van der Waals surface area contributed by atoms with Gasteiger partial charge in [0.1, 0.15) is 5.82 Å². The Morgan fingerprint density at radius 2 is 1.86 bits per heavy atom. The minimum Gasteiger partial charge on any atom is -0.369 e. The van der Waals surface area contributed by atoms with Gasteiger partial charge in [0.25, 0.3) is 0 Å². The van der Waals surface area contributed by atoms with Crippen molar-refractivity contribution in [1.29, 1.82) is 0 Å². The van der Waals surface area contributed by atoms with Crippen molar-refractivity contribution in [2.45, 2.75) is 19.4 Å². The second-order valence-corrected chi connectivity index (χ2v) is 6.77. The molecular formula is C16H26FN3S. The van der Waals surface area contributed by atoms with Crippen molar-refractivity contribution in [3.8, 4) is 0 Å². The average Bonchev–Trinajstić information content (AvgIpc) is 2.53. The molecule has 2 rings (SSSR count). The number of rotatable bonds is 7. The number of hydrogen-bond acceptors (Lipinski definition) is 4. The third kappa shape index (κ3) is 4.87. The Bertz CT molecular complexity index is 404. The Hall–Kier alpha value is -0.780. The molecule has 118 valence electrons. The van der Waals surface area contributed by atoms with E-state index >= 15 is 0 Å². The van der Waals surface area contributed by atoms with Crippen LogP contribution in [0.25, 0.3) is 0 Å². The van der Waals surface area contributed by atoms with Gasteiger partial charge in [-0.05, 0) is 42.2 Å². The number of nitrogens with two attached hydrogens (primary N) is 1. The molecule has 1 aromatic rings.